The Morgan fingerprint density at radius 2 is 2.16 bits per heavy atom. The minimum Gasteiger partial charge on any atom is -0.326 e. The molecule has 1 aliphatic rings. The van der Waals surface area contributed by atoms with Crippen LogP contribution in [0.4, 0.5) is 0 Å². The third-order valence-electron chi connectivity index (χ3n) is 3.57. The molecule has 1 unspecified atom stereocenters. The van der Waals surface area contributed by atoms with E-state index in [0.29, 0.717) is 6.04 Å². The van der Waals surface area contributed by atoms with E-state index < -0.39 is 0 Å². The molecule has 2 aromatic rings. The van der Waals surface area contributed by atoms with Gasteiger partial charge in [0.2, 0.25) is 0 Å². The smallest absolute Gasteiger partial charge is 0.0945 e. The van der Waals surface area contributed by atoms with Crippen LogP contribution in [0.5, 0.6) is 0 Å². The van der Waals surface area contributed by atoms with Crippen molar-refractivity contribution >= 4 is 11.3 Å². The van der Waals surface area contributed by atoms with E-state index in [1.165, 1.54) is 10.6 Å². The lowest BCUT2D eigenvalue weighted by Crippen LogP contribution is -2.28. The molecule has 4 heteroatoms. The number of rotatable bonds is 4. The number of hydrogen-bond donors (Lipinski definition) is 1. The van der Waals surface area contributed by atoms with E-state index >= 15 is 0 Å². The van der Waals surface area contributed by atoms with E-state index in [0.717, 1.165) is 38.2 Å². The van der Waals surface area contributed by atoms with Crippen molar-refractivity contribution in [3.05, 3.63) is 40.7 Å². The molecule has 1 saturated heterocycles. The lowest BCUT2D eigenvalue weighted by Gasteiger charge is -2.13. The Labute approximate surface area is 118 Å². The van der Waals surface area contributed by atoms with Crippen LogP contribution in [0, 0.1) is 0 Å². The van der Waals surface area contributed by atoms with Crippen LogP contribution < -0.4 is 5.73 Å². The Hall–Kier alpha value is -1.23. The van der Waals surface area contributed by atoms with Crippen molar-refractivity contribution in [3.63, 3.8) is 0 Å². The second-order valence-electron chi connectivity index (χ2n) is 5.09. The molecule has 1 aromatic heterocycles. The Bertz CT molecular complexity index is 523. The Kier molecular flexibility index (Phi) is 3.92. The minimum absolute atomic E-state index is 0.371. The van der Waals surface area contributed by atoms with Gasteiger partial charge in [0.1, 0.15) is 0 Å². The van der Waals surface area contributed by atoms with Gasteiger partial charge in [-0.2, -0.15) is 0 Å². The van der Waals surface area contributed by atoms with Gasteiger partial charge in [0.05, 0.1) is 10.7 Å². The minimum atomic E-state index is 0.371. The van der Waals surface area contributed by atoms with Crippen molar-refractivity contribution in [1.82, 2.24) is 9.88 Å². The quantitative estimate of drug-likeness (QED) is 0.930. The fourth-order valence-corrected chi connectivity index (χ4v) is 3.28. The highest BCUT2D eigenvalue weighted by atomic mass is 32.1. The van der Waals surface area contributed by atoms with Gasteiger partial charge in [-0.15, -0.1) is 11.3 Å². The van der Waals surface area contributed by atoms with Crippen molar-refractivity contribution in [1.29, 1.82) is 0 Å². The summed E-state index contributed by atoms with van der Waals surface area (Å²) in [7, 11) is 0. The first-order valence-electron chi connectivity index (χ1n) is 6.79. The maximum atomic E-state index is 5.92. The van der Waals surface area contributed by atoms with Gasteiger partial charge in [-0.3, -0.25) is 0 Å². The van der Waals surface area contributed by atoms with Crippen LogP contribution in [0.1, 0.15) is 11.4 Å². The van der Waals surface area contributed by atoms with E-state index in [-0.39, 0.29) is 0 Å². The predicted octanol–water partition coefficient (Wildman–Crippen LogP) is 2.39. The molecule has 1 aromatic carbocycles. The fraction of sp³-hybridized carbons (Fsp3) is 0.400. The molecule has 3 nitrogen and oxygen atoms in total. The number of hydrogen-bond acceptors (Lipinski definition) is 4. The highest BCUT2D eigenvalue weighted by Crippen LogP contribution is 2.22. The zero-order valence-corrected chi connectivity index (χ0v) is 11.8. The summed E-state index contributed by atoms with van der Waals surface area (Å²) in [5.41, 5.74) is 8.22. The summed E-state index contributed by atoms with van der Waals surface area (Å²) in [4.78, 5) is 7.16. The van der Waals surface area contributed by atoms with Gasteiger partial charge in [-0.1, -0.05) is 30.3 Å². The zero-order valence-electron chi connectivity index (χ0n) is 11.0. The highest BCUT2D eigenvalue weighted by Gasteiger charge is 2.18. The second-order valence-corrected chi connectivity index (χ2v) is 6.03. The van der Waals surface area contributed by atoms with E-state index in [4.69, 9.17) is 10.7 Å². The third-order valence-corrected chi connectivity index (χ3v) is 4.48. The van der Waals surface area contributed by atoms with Crippen molar-refractivity contribution in [2.75, 3.05) is 19.6 Å². The van der Waals surface area contributed by atoms with Gasteiger partial charge in [0, 0.05) is 36.5 Å². The number of thiazole rings is 1. The molecule has 3 rings (SSSR count). The standard InChI is InChI=1S/C15H19N3S/c16-13-6-8-18(10-13)9-7-15-17-14(11-19-15)12-4-2-1-3-5-12/h1-5,11,13H,6-10,16H2. The summed E-state index contributed by atoms with van der Waals surface area (Å²) >= 11 is 1.76. The van der Waals surface area contributed by atoms with Crippen molar-refractivity contribution in [2.45, 2.75) is 18.9 Å². The maximum Gasteiger partial charge on any atom is 0.0945 e. The fourth-order valence-electron chi connectivity index (χ4n) is 2.49. The molecular formula is C15H19N3S. The molecule has 1 fully saturated rings. The molecule has 1 atom stereocenters. The van der Waals surface area contributed by atoms with E-state index in [9.17, 15) is 0 Å². The van der Waals surface area contributed by atoms with E-state index in [1.54, 1.807) is 11.3 Å². The molecule has 1 aliphatic heterocycles. The first kappa shape index (κ1) is 12.8. The predicted molar refractivity (Wildman–Crippen MR) is 80.3 cm³/mol. The lowest BCUT2D eigenvalue weighted by molar-refractivity contribution is 0.339. The topological polar surface area (TPSA) is 42.1 Å². The summed E-state index contributed by atoms with van der Waals surface area (Å²) < 4.78 is 0. The third kappa shape index (κ3) is 3.21. The van der Waals surface area contributed by atoms with Crippen LogP contribution in [0.2, 0.25) is 0 Å². The van der Waals surface area contributed by atoms with Crippen LogP contribution in [0.25, 0.3) is 11.3 Å². The molecule has 2 N–H and O–H groups in total. The summed E-state index contributed by atoms with van der Waals surface area (Å²) in [5.74, 6) is 0. The first-order valence-corrected chi connectivity index (χ1v) is 7.67. The number of nitrogens with two attached hydrogens (primary N) is 1. The van der Waals surface area contributed by atoms with Gasteiger partial charge in [0.15, 0.2) is 0 Å². The van der Waals surface area contributed by atoms with Gasteiger partial charge < -0.3 is 10.6 Å². The molecule has 0 spiro atoms. The van der Waals surface area contributed by atoms with Crippen LogP contribution in [0.3, 0.4) is 0 Å². The van der Waals surface area contributed by atoms with Crippen LogP contribution in [0.15, 0.2) is 35.7 Å². The molecule has 2 heterocycles. The van der Waals surface area contributed by atoms with Gasteiger partial charge in [-0.05, 0) is 13.0 Å². The lowest BCUT2D eigenvalue weighted by atomic mass is 10.2. The Morgan fingerprint density at radius 3 is 2.89 bits per heavy atom. The van der Waals surface area contributed by atoms with Crippen LogP contribution >= 0.6 is 11.3 Å². The SMILES string of the molecule is NC1CCN(CCc2nc(-c3ccccc3)cs2)C1. The molecular weight excluding hydrogens is 254 g/mol. The number of nitrogens with zero attached hydrogens (tertiary/aromatic N) is 2. The van der Waals surface area contributed by atoms with Crippen LogP contribution in [-0.2, 0) is 6.42 Å². The van der Waals surface area contributed by atoms with Crippen molar-refractivity contribution in [3.8, 4) is 11.3 Å². The summed E-state index contributed by atoms with van der Waals surface area (Å²) in [6.45, 7) is 3.25. The average Bonchev–Trinajstić information content (AvgIpc) is 3.06. The second kappa shape index (κ2) is 5.82. The molecule has 0 radical (unpaired) electrons. The number of aromatic nitrogens is 1. The summed E-state index contributed by atoms with van der Waals surface area (Å²) in [5, 5.41) is 3.37. The monoisotopic (exact) mass is 273 g/mol. The number of benzene rings is 1. The van der Waals surface area contributed by atoms with Gasteiger partial charge in [0.25, 0.3) is 0 Å². The molecule has 0 bridgehead atoms. The maximum absolute atomic E-state index is 5.92. The van der Waals surface area contributed by atoms with Crippen molar-refractivity contribution in [2.24, 2.45) is 5.73 Å². The van der Waals surface area contributed by atoms with E-state index in [1.807, 2.05) is 6.07 Å². The Balaban J connectivity index is 1.59. The normalized spacial score (nSPS) is 19.9. The zero-order chi connectivity index (χ0) is 13.1. The highest BCUT2D eigenvalue weighted by molar-refractivity contribution is 7.09. The van der Waals surface area contributed by atoms with Gasteiger partial charge in [-0.25, -0.2) is 4.98 Å². The van der Waals surface area contributed by atoms with E-state index in [2.05, 4.69) is 34.5 Å². The largest absolute Gasteiger partial charge is 0.326 e. The molecule has 0 saturated carbocycles. The first-order chi connectivity index (χ1) is 9.31. The van der Waals surface area contributed by atoms with Crippen molar-refractivity contribution < 1.29 is 0 Å². The molecule has 19 heavy (non-hydrogen) atoms. The van der Waals surface area contributed by atoms with Gasteiger partial charge >= 0.3 is 0 Å². The van der Waals surface area contributed by atoms with Crippen LogP contribution in [-0.4, -0.2) is 35.6 Å². The summed E-state index contributed by atoms with van der Waals surface area (Å²) in [6.07, 6.45) is 2.16. The average molecular weight is 273 g/mol. The molecule has 0 aliphatic carbocycles. The molecule has 0 amide bonds. The summed E-state index contributed by atoms with van der Waals surface area (Å²) in [6, 6.07) is 10.7. The molecule has 100 valence electrons. The number of likely N-dealkylation sites (tertiary alicyclic amines) is 1. The Morgan fingerprint density at radius 1 is 1.32 bits per heavy atom.